The number of nitrogens with zero attached hydrogens (tertiary/aromatic N) is 1. The lowest BCUT2D eigenvalue weighted by molar-refractivity contribution is -0.206. The van der Waals surface area contributed by atoms with Crippen molar-refractivity contribution < 1.29 is 24.2 Å². The first-order chi connectivity index (χ1) is 11.7. The molecular formula is C18H21NO5. The number of carbonyl (C=O) groups excluding carboxylic acids is 2. The van der Waals surface area contributed by atoms with E-state index in [4.69, 9.17) is 9.47 Å². The molecule has 3 atom stereocenters. The van der Waals surface area contributed by atoms with Gasteiger partial charge < -0.3 is 14.6 Å². The molecule has 1 aromatic rings. The largest absolute Gasteiger partial charge is 0.394 e. The second kappa shape index (κ2) is 5.95. The fraction of sp³-hybridized carbons (Fsp3) is 0.556. The first-order valence-corrected chi connectivity index (χ1v) is 8.53. The fourth-order valence-corrected chi connectivity index (χ4v) is 4.00. The fourth-order valence-electron chi connectivity index (χ4n) is 4.00. The van der Waals surface area contributed by atoms with Crippen LogP contribution in [0.2, 0.25) is 0 Å². The lowest BCUT2D eigenvalue weighted by atomic mass is 9.94. The van der Waals surface area contributed by atoms with E-state index in [1.165, 1.54) is 0 Å². The molecule has 1 spiro atoms. The summed E-state index contributed by atoms with van der Waals surface area (Å²) in [5.41, 5.74) is 0.717. The van der Waals surface area contributed by atoms with Gasteiger partial charge in [0, 0.05) is 12.8 Å². The van der Waals surface area contributed by atoms with Gasteiger partial charge in [0.25, 0.3) is 11.8 Å². The first-order valence-electron chi connectivity index (χ1n) is 8.53. The molecular weight excluding hydrogens is 310 g/mol. The second-order valence-electron chi connectivity index (χ2n) is 6.70. The van der Waals surface area contributed by atoms with Crippen molar-refractivity contribution in [2.24, 2.45) is 0 Å². The molecule has 4 rings (SSSR count). The molecule has 1 aliphatic carbocycles. The maximum Gasteiger partial charge on any atom is 0.262 e. The molecule has 3 aliphatic rings. The number of aliphatic hydroxyl groups is 1. The van der Waals surface area contributed by atoms with Gasteiger partial charge in [0.1, 0.15) is 0 Å². The Balaban J connectivity index is 1.58. The van der Waals surface area contributed by atoms with Gasteiger partial charge in [0.05, 0.1) is 12.6 Å². The summed E-state index contributed by atoms with van der Waals surface area (Å²) >= 11 is 0. The average Bonchev–Trinajstić information content (AvgIpc) is 3.08. The quantitative estimate of drug-likeness (QED) is 0.850. The molecule has 1 aromatic carbocycles. The van der Waals surface area contributed by atoms with Crippen LogP contribution in [0.4, 0.5) is 0 Å². The van der Waals surface area contributed by atoms with E-state index in [0.29, 0.717) is 5.56 Å². The number of ether oxygens (including phenoxy) is 2. The van der Waals surface area contributed by atoms with Gasteiger partial charge in [-0.3, -0.25) is 14.5 Å². The van der Waals surface area contributed by atoms with Crippen LogP contribution in [0.3, 0.4) is 0 Å². The summed E-state index contributed by atoms with van der Waals surface area (Å²) in [4.78, 5) is 26.7. The number of imide groups is 1. The van der Waals surface area contributed by atoms with Gasteiger partial charge >= 0.3 is 0 Å². The molecule has 0 unspecified atom stereocenters. The van der Waals surface area contributed by atoms with Crippen LogP contribution in [0.1, 0.15) is 43.7 Å². The number of aliphatic hydroxyl groups excluding tert-OH is 1. The summed E-state index contributed by atoms with van der Waals surface area (Å²) in [6.07, 6.45) is 2.77. The maximum atomic E-state index is 12.8. The lowest BCUT2D eigenvalue weighted by Crippen LogP contribution is -2.43. The predicted octanol–water partition coefficient (Wildman–Crippen LogP) is 1.53. The lowest BCUT2D eigenvalue weighted by Gasteiger charge is -2.34. The van der Waals surface area contributed by atoms with Gasteiger partial charge in [-0.05, 0) is 18.4 Å². The second-order valence-corrected chi connectivity index (χ2v) is 6.70. The van der Waals surface area contributed by atoms with Crippen LogP contribution in [0.25, 0.3) is 0 Å². The highest BCUT2D eigenvalue weighted by Crippen LogP contribution is 2.44. The van der Waals surface area contributed by atoms with E-state index in [1.54, 1.807) is 12.1 Å². The molecule has 6 nitrogen and oxygen atoms in total. The van der Waals surface area contributed by atoms with Gasteiger partial charge in [-0.15, -0.1) is 0 Å². The summed E-state index contributed by atoms with van der Waals surface area (Å²) in [6, 6.07) is 8.35. The highest BCUT2D eigenvalue weighted by Gasteiger charge is 2.61. The van der Waals surface area contributed by atoms with E-state index in [0.717, 1.165) is 37.0 Å². The maximum absolute atomic E-state index is 12.8. The van der Waals surface area contributed by atoms with Gasteiger partial charge in [-0.2, -0.15) is 0 Å². The van der Waals surface area contributed by atoms with Crippen molar-refractivity contribution in [3.8, 4) is 0 Å². The number of hydrogen-bond donors (Lipinski definition) is 1. The van der Waals surface area contributed by atoms with Crippen molar-refractivity contribution in [3.05, 3.63) is 35.9 Å². The van der Waals surface area contributed by atoms with Crippen molar-refractivity contribution in [1.82, 2.24) is 4.90 Å². The minimum Gasteiger partial charge on any atom is -0.394 e. The van der Waals surface area contributed by atoms with Gasteiger partial charge in [-0.25, -0.2) is 0 Å². The Kier molecular flexibility index (Phi) is 3.90. The number of fused-ring (bicyclic) bond motifs is 1. The molecule has 128 valence electrons. The van der Waals surface area contributed by atoms with Crippen molar-refractivity contribution in [1.29, 1.82) is 0 Å². The molecule has 0 radical (unpaired) electrons. The summed E-state index contributed by atoms with van der Waals surface area (Å²) in [6.45, 7) is -0.327. The molecule has 0 aromatic heterocycles. The Morgan fingerprint density at radius 3 is 2.17 bits per heavy atom. The standard InChI is InChI=1S/C18H21NO5/c20-11-13(12-7-3-1-4-8-12)19-16(21)14-15(17(19)22)24-18(23-14)9-5-2-6-10-18/h1,3-4,7-8,13-15,20H,2,5-6,9-11H2/t13-,14-,15+/m0/s1. The van der Waals surface area contributed by atoms with Crippen molar-refractivity contribution in [2.45, 2.75) is 56.1 Å². The Labute approximate surface area is 140 Å². The topological polar surface area (TPSA) is 76.1 Å². The Hall–Kier alpha value is -1.76. The molecule has 1 N–H and O–H groups in total. The number of hydrogen-bond acceptors (Lipinski definition) is 5. The number of likely N-dealkylation sites (tertiary alicyclic amines) is 1. The molecule has 2 heterocycles. The zero-order valence-electron chi connectivity index (χ0n) is 13.4. The van der Waals surface area contributed by atoms with Crippen LogP contribution in [0.5, 0.6) is 0 Å². The van der Waals surface area contributed by atoms with E-state index in [9.17, 15) is 14.7 Å². The third-order valence-corrected chi connectivity index (χ3v) is 5.20. The van der Waals surface area contributed by atoms with E-state index < -0.39 is 35.9 Å². The molecule has 2 aliphatic heterocycles. The third-order valence-electron chi connectivity index (χ3n) is 5.20. The SMILES string of the molecule is O=C1[C@H]2OC3(CCCCC3)O[C@H]2C(=O)N1[C@@H](CO)c1ccccc1. The van der Waals surface area contributed by atoms with Crippen LogP contribution in [-0.2, 0) is 19.1 Å². The summed E-state index contributed by atoms with van der Waals surface area (Å²) < 4.78 is 11.9. The van der Waals surface area contributed by atoms with E-state index in [1.807, 2.05) is 18.2 Å². The molecule has 3 fully saturated rings. The molecule has 0 bridgehead atoms. The monoisotopic (exact) mass is 331 g/mol. The zero-order chi connectivity index (χ0) is 16.7. The molecule has 2 saturated heterocycles. The van der Waals surface area contributed by atoms with Crippen molar-refractivity contribution >= 4 is 11.8 Å². The van der Waals surface area contributed by atoms with E-state index in [2.05, 4.69) is 0 Å². The summed E-state index contributed by atoms with van der Waals surface area (Å²) in [5.74, 6) is -1.59. The minimum atomic E-state index is -0.881. The van der Waals surface area contributed by atoms with Crippen LogP contribution in [0.15, 0.2) is 30.3 Å². The van der Waals surface area contributed by atoms with Gasteiger partial charge in [0.15, 0.2) is 18.0 Å². The first kappa shape index (κ1) is 15.7. The minimum absolute atomic E-state index is 0.327. The molecule has 1 saturated carbocycles. The number of carbonyl (C=O) groups is 2. The smallest absolute Gasteiger partial charge is 0.262 e. The van der Waals surface area contributed by atoms with E-state index >= 15 is 0 Å². The van der Waals surface area contributed by atoms with Gasteiger partial charge in [0.2, 0.25) is 0 Å². The molecule has 2 amide bonds. The highest BCUT2D eigenvalue weighted by atomic mass is 16.8. The third kappa shape index (κ3) is 2.37. The average molecular weight is 331 g/mol. The highest BCUT2D eigenvalue weighted by molar-refractivity contribution is 6.08. The van der Waals surface area contributed by atoms with Crippen LogP contribution < -0.4 is 0 Å². The van der Waals surface area contributed by atoms with Crippen molar-refractivity contribution in [3.63, 3.8) is 0 Å². The molecule has 6 heteroatoms. The van der Waals surface area contributed by atoms with Crippen LogP contribution in [-0.4, -0.2) is 46.4 Å². The molecule has 24 heavy (non-hydrogen) atoms. The Bertz CT molecular complexity index is 614. The summed E-state index contributed by atoms with van der Waals surface area (Å²) in [7, 11) is 0. The summed E-state index contributed by atoms with van der Waals surface area (Å²) in [5, 5.41) is 9.75. The Morgan fingerprint density at radius 2 is 1.62 bits per heavy atom. The Morgan fingerprint density at radius 1 is 1.04 bits per heavy atom. The van der Waals surface area contributed by atoms with E-state index in [-0.39, 0.29) is 6.61 Å². The number of benzene rings is 1. The predicted molar refractivity (Wildman–Crippen MR) is 83.7 cm³/mol. The number of amides is 2. The van der Waals surface area contributed by atoms with Gasteiger partial charge in [-0.1, -0.05) is 36.8 Å². The number of rotatable bonds is 3. The van der Waals surface area contributed by atoms with Crippen molar-refractivity contribution in [2.75, 3.05) is 6.61 Å². The van der Waals surface area contributed by atoms with Crippen LogP contribution in [0, 0.1) is 0 Å². The normalized spacial score (nSPS) is 30.0. The van der Waals surface area contributed by atoms with Crippen LogP contribution >= 0.6 is 0 Å². The zero-order valence-corrected chi connectivity index (χ0v) is 13.4.